The van der Waals surface area contributed by atoms with Crippen LogP contribution >= 0.6 is 0 Å². The zero-order chi connectivity index (χ0) is 18.0. The molecule has 10 heteroatoms. The molecule has 0 spiro atoms. The summed E-state index contributed by atoms with van der Waals surface area (Å²) >= 11 is 0. The number of aliphatic hydroxyl groups is 5. The Morgan fingerprint density at radius 2 is 1.83 bits per heavy atom. The Hall–Kier alpha value is -0.850. The Morgan fingerprint density at radius 3 is 2.42 bits per heavy atom. The number of carbonyl (C=O) groups is 1. The fraction of sp³-hybridized carbons (Fsp3) is 0.929. The number of nitrogens with one attached hydrogen (secondary N) is 1. The molecule has 0 aliphatic carbocycles. The van der Waals surface area contributed by atoms with Gasteiger partial charge in [0.2, 0.25) is 5.91 Å². The molecule has 10 nitrogen and oxygen atoms in total. The molecule has 2 heterocycles. The van der Waals surface area contributed by atoms with Crippen LogP contribution in [0.15, 0.2) is 0 Å². The first-order valence-corrected chi connectivity index (χ1v) is 7.79. The maximum Gasteiger partial charge on any atom is 0.217 e. The molecule has 0 radical (unpaired) electrons. The fourth-order valence-corrected chi connectivity index (χ4v) is 2.87. The minimum atomic E-state index is -1.54. The summed E-state index contributed by atoms with van der Waals surface area (Å²) in [6.07, 6.45) is -9.71. The van der Waals surface area contributed by atoms with E-state index in [0.717, 1.165) is 0 Å². The van der Waals surface area contributed by atoms with Crippen LogP contribution < -0.4 is 5.32 Å². The Bertz CT molecular complexity index is 436. The summed E-state index contributed by atoms with van der Waals surface area (Å²) in [5.41, 5.74) is 0. The molecule has 0 bridgehead atoms. The largest absolute Gasteiger partial charge is 0.394 e. The van der Waals surface area contributed by atoms with E-state index >= 15 is 0 Å². The van der Waals surface area contributed by atoms with Crippen molar-refractivity contribution in [3.63, 3.8) is 0 Å². The monoisotopic (exact) mass is 351 g/mol. The summed E-state index contributed by atoms with van der Waals surface area (Å²) in [5.74, 6) is -0.374. The van der Waals surface area contributed by atoms with Gasteiger partial charge in [-0.3, -0.25) is 4.79 Å². The maximum absolute atomic E-state index is 11.3. The minimum absolute atomic E-state index is 0.0178. The summed E-state index contributed by atoms with van der Waals surface area (Å²) in [6, 6.07) is -0.740. The molecule has 2 rings (SSSR count). The average molecular weight is 351 g/mol. The van der Waals surface area contributed by atoms with E-state index < -0.39 is 61.7 Å². The third-order valence-electron chi connectivity index (χ3n) is 4.27. The first-order chi connectivity index (χ1) is 11.3. The van der Waals surface area contributed by atoms with E-state index in [0.29, 0.717) is 0 Å². The highest BCUT2D eigenvalue weighted by Gasteiger charge is 2.47. The molecule has 2 aliphatic rings. The molecule has 0 aromatic rings. The number of rotatable bonds is 4. The minimum Gasteiger partial charge on any atom is -0.394 e. The summed E-state index contributed by atoms with van der Waals surface area (Å²) in [5, 5.41) is 51.7. The van der Waals surface area contributed by atoms with Crippen molar-refractivity contribution in [3.8, 4) is 0 Å². The highest BCUT2D eigenvalue weighted by Crippen LogP contribution is 2.26. The van der Waals surface area contributed by atoms with Crippen LogP contribution in [-0.4, -0.2) is 99.7 Å². The lowest BCUT2D eigenvalue weighted by atomic mass is 9.96. The van der Waals surface area contributed by atoms with Crippen LogP contribution in [0.4, 0.5) is 0 Å². The van der Waals surface area contributed by atoms with Gasteiger partial charge in [0, 0.05) is 6.92 Å². The Balaban J connectivity index is 2.13. The van der Waals surface area contributed by atoms with Gasteiger partial charge in [-0.25, -0.2) is 0 Å². The van der Waals surface area contributed by atoms with Crippen LogP contribution in [-0.2, 0) is 19.0 Å². The third kappa shape index (κ3) is 4.03. The van der Waals surface area contributed by atoms with Crippen LogP contribution in [0.1, 0.15) is 13.8 Å². The van der Waals surface area contributed by atoms with Crippen molar-refractivity contribution < 1.29 is 44.5 Å². The van der Waals surface area contributed by atoms with Gasteiger partial charge in [-0.2, -0.15) is 0 Å². The normalized spacial score (nSPS) is 46.5. The standard InChI is InChI=1S/C14H25NO9/c1-5-9(18)11(20)12(21)14(23-5)24-13-7(15-6(2)17)4-22-8(3-16)10(13)19/h5,7-14,16,18-21H,3-4H2,1-2H3,(H,15,17)/t5-,7-,8+,9+,10+,11+,12-,13+,14+/m0/s1. The van der Waals surface area contributed by atoms with E-state index in [9.17, 15) is 30.3 Å². The first-order valence-electron chi connectivity index (χ1n) is 7.79. The first kappa shape index (κ1) is 19.5. The van der Waals surface area contributed by atoms with Crippen molar-refractivity contribution in [1.82, 2.24) is 5.32 Å². The van der Waals surface area contributed by atoms with E-state index in [1.165, 1.54) is 13.8 Å². The Labute approximate surface area is 138 Å². The lowest BCUT2D eigenvalue weighted by molar-refractivity contribution is -0.322. The van der Waals surface area contributed by atoms with Crippen LogP contribution in [0.5, 0.6) is 0 Å². The van der Waals surface area contributed by atoms with Gasteiger partial charge in [0.05, 0.1) is 25.4 Å². The molecule has 2 fully saturated rings. The van der Waals surface area contributed by atoms with Crippen molar-refractivity contribution in [3.05, 3.63) is 0 Å². The Kier molecular flexibility index (Phi) is 6.51. The molecule has 0 aromatic heterocycles. The van der Waals surface area contributed by atoms with Gasteiger partial charge in [0.25, 0.3) is 0 Å². The quantitative estimate of drug-likeness (QED) is 0.302. The second-order valence-corrected chi connectivity index (χ2v) is 6.13. The van der Waals surface area contributed by atoms with Gasteiger partial charge in [0.15, 0.2) is 6.29 Å². The molecule has 9 atom stereocenters. The maximum atomic E-state index is 11.3. The predicted molar refractivity (Wildman–Crippen MR) is 77.7 cm³/mol. The van der Waals surface area contributed by atoms with Crippen molar-refractivity contribution in [2.75, 3.05) is 13.2 Å². The zero-order valence-corrected chi connectivity index (χ0v) is 13.5. The molecule has 24 heavy (non-hydrogen) atoms. The van der Waals surface area contributed by atoms with Gasteiger partial charge in [-0.1, -0.05) is 0 Å². The SMILES string of the molecule is CC(=O)N[C@H]1CO[C@H](CO)[C@@H](O)[C@@H]1O[C@H]1O[C@@H](C)[C@@H](O)[C@@H](O)[C@@H]1O. The molecule has 2 aliphatic heterocycles. The number of ether oxygens (including phenoxy) is 3. The van der Waals surface area contributed by atoms with E-state index in [-0.39, 0.29) is 12.5 Å². The summed E-state index contributed by atoms with van der Waals surface area (Å²) in [7, 11) is 0. The van der Waals surface area contributed by atoms with Gasteiger partial charge in [0.1, 0.15) is 36.6 Å². The summed E-state index contributed by atoms with van der Waals surface area (Å²) in [4.78, 5) is 11.3. The number of aliphatic hydroxyl groups excluding tert-OH is 5. The van der Waals surface area contributed by atoms with Gasteiger partial charge >= 0.3 is 0 Å². The third-order valence-corrected chi connectivity index (χ3v) is 4.27. The summed E-state index contributed by atoms with van der Waals surface area (Å²) < 4.78 is 16.2. The highest BCUT2D eigenvalue weighted by molar-refractivity contribution is 5.73. The van der Waals surface area contributed by atoms with Gasteiger partial charge in [-0.15, -0.1) is 0 Å². The Morgan fingerprint density at radius 1 is 1.17 bits per heavy atom. The number of carbonyl (C=O) groups excluding carboxylic acids is 1. The number of amides is 1. The van der Waals surface area contributed by atoms with Crippen molar-refractivity contribution in [1.29, 1.82) is 0 Å². The van der Waals surface area contributed by atoms with Crippen molar-refractivity contribution in [2.45, 2.75) is 68.9 Å². The summed E-state index contributed by atoms with van der Waals surface area (Å²) in [6.45, 7) is 2.31. The highest BCUT2D eigenvalue weighted by atomic mass is 16.7. The number of hydrogen-bond donors (Lipinski definition) is 6. The van der Waals surface area contributed by atoms with Gasteiger partial charge in [-0.05, 0) is 6.92 Å². The van der Waals surface area contributed by atoms with Crippen molar-refractivity contribution >= 4 is 5.91 Å². The second kappa shape index (κ2) is 8.02. The second-order valence-electron chi connectivity index (χ2n) is 6.13. The smallest absolute Gasteiger partial charge is 0.217 e. The molecule has 140 valence electrons. The molecule has 0 saturated carbocycles. The lowest BCUT2D eigenvalue weighted by Crippen LogP contribution is -2.64. The molecule has 0 aromatic carbocycles. The van der Waals surface area contributed by atoms with Crippen LogP contribution in [0.2, 0.25) is 0 Å². The topological polar surface area (TPSA) is 158 Å². The number of hydrogen-bond acceptors (Lipinski definition) is 9. The molecule has 0 unspecified atom stereocenters. The van der Waals surface area contributed by atoms with E-state index in [4.69, 9.17) is 14.2 Å². The molecule has 1 amide bonds. The van der Waals surface area contributed by atoms with Gasteiger partial charge < -0.3 is 45.1 Å². The predicted octanol–water partition coefficient (Wildman–Crippen LogP) is -3.54. The van der Waals surface area contributed by atoms with Crippen LogP contribution in [0, 0.1) is 0 Å². The van der Waals surface area contributed by atoms with E-state index in [1.54, 1.807) is 0 Å². The molecule has 6 N–H and O–H groups in total. The lowest BCUT2D eigenvalue weighted by Gasteiger charge is -2.44. The van der Waals surface area contributed by atoms with Crippen LogP contribution in [0.3, 0.4) is 0 Å². The molecular formula is C14H25NO9. The van der Waals surface area contributed by atoms with Crippen molar-refractivity contribution in [2.24, 2.45) is 0 Å². The van der Waals surface area contributed by atoms with Crippen LogP contribution in [0.25, 0.3) is 0 Å². The average Bonchev–Trinajstić information content (AvgIpc) is 2.53. The zero-order valence-electron chi connectivity index (χ0n) is 13.5. The fourth-order valence-electron chi connectivity index (χ4n) is 2.87. The molecule has 2 saturated heterocycles. The van der Waals surface area contributed by atoms with E-state index in [2.05, 4.69) is 5.32 Å². The molecular weight excluding hydrogens is 326 g/mol. The van der Waals surface area contributed by atoms with E-state index in [1.807, 2.05) is 0 Å².